The van der Waals surface area contributed by atoms with Gasteiger partial charge in [0.15, 0.2) is 5.79 Å². The molecule has 0 aromatic rings. The fraction of sp³-hybridized carbons (Fsp3) is 0.833. The molecule has 0 radical (unpaired) electrons. The van der Waals surface area contributed by atoms with E-state index in [2.05, 4.69) is 0 Å². The number of carbonyl (C=O) groups is 2. The van der Waals surface area contributed by atoms with Crippen LogP contribution in [0.5, 0.6) is 0 Å². The van der Waals surface area contributed by atoms with Crippen LogP contribution in [0.1, 0.15) is 19.3 Å². The lowest BCUT2D eigenvalue weighted by molar-refractivity contribution is -0.161. The fourth-order valence-electron chi connectivity index (χ4n) is 3.56. The maximum absolute atomic E-state index is 11.8. The molecule has 1 heterocycles. The zero-order chi connectivity index (χ0) is 12.0. The molecular formula is C12H16O5. The highest BCUT2D eigenvalue weighted by Gasteiger charge is 2.58. The lowest BCUT2D eigenvalue weighted by atomic mass is 9.91. The first kappa shape index (κ1) is 11.2. The number of esters is 1. The molecule has 3 atom stereocenters. The molecule has 17 heavy (non-hydrogen) atoms. The molecule has 0 N–H and O–H groups in total. The summed E-state index contributed by atoms with van der Waals surface area (Å²) in [4.78, 5) is 23.5. The van der Waals surface area contributed by atoms with Crippen LogP contribution >= 0.6 is 0 Å². The fourth-order valence-corrected chi connectivity index (χ4v) is 3.56. The molecule has 2 saturated carbocycles. The van der Waals surface area contributed by atoms with Crippen molar-refractivity contribution in [3.8, 4) is 0 Å². The predicted octanol–water partition coefficient (Wildman–Crippen LogP) is 0.518. The quantitative estimate of drug-likeness (QED) is 0.494. The number of hydrogen-bond acceptors (Lipinski definition) is 5. The van der Waals surface area contributed by atoms with E-state index in [1.54, 1.807) is 0 Å². The third-order valence-electron chi connectivity index (χ3n) is 4.23. The molecule has 94 valence electrons. The summed E-state index contributed by atoms with van der Waals surface area (Å²) in [5, 5.41) is 0. The van der Waals surface area contributed by atoms with Crippen LogP contribution in [-0.4, -0.2) is 37.9 Å². The minimum atomic E-state index is -0.600. The van der Waals surface area contributed by atoms with Crippen LogP contribution in [0.15, 0.2) is 0 Å². The van der Waals surface area contributed by atoms with Gasteiger partial charge in [0.25, 0.3) is 0 Å². The van der Waals surface area contributed by atoms with Gasteiger partial charge < -0.3 is 14.2 Å². The monoisotopic (exact) mass is 240 g/mol. The molecule has 3 rings (SSSR count). The van der Waals surface area contributed by atoms with Crippen molar-refractivity contribution >= 4 is 11.8 Å². The van der Waals surface area contributed by atoms with Crippen molar-refractivity contribution in [2.75, 3.05) is 20.3 Å². The van der Waals surface area contributed by atoms with Gasteiger partial charge in [-0.1, -0.05) is 0 Å². The normalized spacial score (nSPS) is 38.6. The molecule has 1 aliphatic heterocycles. The predicted molar refractivity (Wildman–Crippen MR) is 56.0 cm³/mol. The van der Waals surface area contributed by atoms with Gasteiger partial charge in [0, 0.05) is 19.3 Å². The van der Waals surface area contributed by atoms with Crippen molar-refractivity contribution in [3.05, 3.63) is 0 Å². The number of methoxy groups -OCH3 is 1. The van der Waals surface area contributed by atoms with E-state index in [1.807, 2.05) is 0 Å². The van der Waals surface area contributed by atoms with Crippen LogP contribution in [0.4, 0.5) is 0 Å². The van der Waals surface area contributed by atoms with E-state index in [-0.39, 0.29) is 17.6 Å². The number of fused-ring (bicyclic) bond motifs is 1. The number of ketones is 1. The van der Waals surface area contributed by atoms with E-state index >= 15 is 0 Å². The van der Waals surface area contributed by atoms with Gasteiger partial charge >= 0.3 is 5.97 Å². The zero-order valence-electron chi connectivity index (χ0n) is 9.81. The lowest BCUT2D eigenvalue weighted by Gasteiger charge is -2.23. The Morgan fingerprint density at radius 3 is 2.71 bits per heavy atom. The molecule has 1 saturated heterocycles. The second-order valence-electron chi connectivity index (χ2n) is 5.11. The molecule has 2 aliphatic carbocycles. The van der Waals surface area contributed by atoms with E-state index in [1.165, 1.54) is 7.11 Å². The third-order valence-corrected chi connectivity index (χ3v) is 4.23. The standard InChI is InChI=1S/C12H16O5/c1-15-11(14)10-8-6-12(16-2-3-17-12)5-7(8)4-9(10)13/h7-8,10H,2-6H2,1H3/t7-,8+,10?/m0/s1. The molecule has 0 aromatic carbocycles. The SMILES string of the molecule is COC(=O)C1C(=O)C[C@H]2CC3(C[C@@H]12)OCCO3. The largest absolute Gasteiger partial charge is 0.468 e. The summed E-state index contributed by atoms with van der Waals surface area (Å²) < 4.78 is 16.0. The van der Waals surface area contributed by atoms with Gasteiger partial charge in [-0.3, -0.25) is 9.59 Å². The third kappa shape index (κ3) is 1.60. The topological polar surface area (TPSA) is 61.8 Å². The second-order valence-corrected chi connectivity index (χ2v) is 5.11. The van der Waals surface area contributed by atoms with Gasteiger partial charge in [-0.15, -0.1) is 0 Å². The maximum atomic E-state index is 11.8. The minimum Gasteiger partial charge on any atom is -0.468 e. The Morgan fingerprint density at radius 1 is 1.35 bits per heavy atom. The molecule has 1 unspecified atom stereocenters. The molecule has 5 nitrogen and oxygen atoms in total. The van der Waals surface area contributed by atoms with Crippen LogP contribution in [0.2, 0.25) is 0 Å². The summed E-state index contributed by atoms with van der Waals surface area (Å²) in [6.07, 6.45) is 1.83. The molecule has 3 aliphatic rings. The van der Waals surface area contributed by atoms with Gasteiger partial charge in [0.05, 0.1) is 20.3 Å². The van der Waals surface area contributed by atoms with Gasteiger partial charge in [-0.25, -0.2) is 0 Å². The first-order valence-corrected chi connectivity index (χ1v) is 6.04. The summed E-state index contributed by atoms with van der Waals surface area (Å²) in [5.41, 5.74) is 0. The van der Waals surface area contributed by atoms with Crippen molar-refractivity contribution in [2.24, 2.45) is 17.8 Å². The van der Waals surface area contributed by atoms with Crippen molar-refractivity contribution in [1.82, 2.24) is 0 Å². The lowest BCUT2D eigenvalue weighted by Crippen LogP contribution is -2.31. The summed E-state index contributed by atoms with van der Waals surface area (Å²) >= 11 is 0. The summed E-state index contributed by atoms with van der Waals surface area (Å²) in [5.74, 6) is -1.27. The average molecular weight is 240 g/mol. The van der Waals surface area contributed by atoms with Gasteiger partial charge in [-0.2, -0.15) is 0 Å². The van der Waals surface area contributed by atoms with Crippen LogP contribution in [0.25, 0.3) is 0 Å². The van der Waals surface area contributed by atoms with Gasteiger partial charge in [-0.05, 0) is 11.8 Å². The van der Waals surface area contributed by atoms with Crippen LogP contribution in [0.3, 0.4) is 0 Å². The number of hydrogen-bond donors (Lipinski definition) is 0. The Balaban J connectivity index is 1.81. The van der Waals surface area contributed by atoms with Crippen LogP contribution in [-0.2, 0) is 23.8 Å². The van der Waals surface area contributed by atoms with E-state index in [4.69, 9.17) is 14.2 Å². The summed E-state index contributed by atoms with van der Waals surface area (Å²) in [6.45, 7) is 1.21. The average Bonchev–Trinajstić information content (AvgIpc) is 2.94. The highest BCUT2D eigenvalue weighted by atomic mass is 16.7. The molecule has 0 aromatic heterocycles. The summed E-state index contributed by atoms with van der Waals surface area (Å²) in [7, 11) is 1.33. The Morgan fingerprint density at radius 2 is 2.06 bits per heavy atom. The van der Waals surface area contributed by atoms with E-state index in [0.29, 0.717) is 26.1 Å². The first-order chi connectivity index (χ1) is 8.15. The van der Waals surface area contributed by atoms with Crippen molar-refractivity contribution in [3.63, 3.8) is 0 Å². The molecule has 5 heteroatoms. The van der Waals surface area contributed by atoms with E-state index in [9.17, 15) is 9.59 Å². The first-order valence-electron chi connectivity index (χ1n) is 6.04. The van der Waals surface area contributed by atoms with Gasteiger partial charge in [0.2, 0.25) is 0 Å². The number of ether oxygens (including phenoxy) is 3. The Kier molecular flexibility index (Phi) is 2.48. The number of carbonyl (C=O) groups excluding carboxylic acids is 2. The molecule has 0 amide bonds. The Labute approximate surface area is 99.4 Å². The summed E-state index contributed by atoms with van der Waals surface area (Å²) in [6, 6.07) is 0. The number of rotatable bonds is 1. The maximum Gasteiger partial charge on any atom is 0.316 e. The van der Waals surface area contributed by atoms with Crippen molar-refractivity contribution < 1.29 is 23.8 Å². The van der Waals surface area contributed by atoms with Crippen molar-refractivity contribution in [2.45, 2.75) is 25.0 Å². The second kappa shape index (κ2) is 3.78. The molecule has 3 fully saturated rings. The Hall–Kier alpha value is -0.940. The van der Waals surface area contributed by atoms with Gasteiger partial charge in [0.1, 0.15) is 11.7 Å². The van der Waals surface area contributed by atoms with E-state index < -0.39 is 17.7 Å². The molecule has 0 bridgehead atoms. The van der Waals surface area contributed by atoms with Crippen LogP contribution < -0.4 is 0 Å². The minimum absolute atomic E-state index is 0.0136. The zero-order valence-corrected chi connectivity index (χ0v) is 9.81. The smallest absolute Gasteiger partial charge is 0.316 e. The molecular weight excluding hydrogens is 224 g/mol. The number of Topliss-reactive ketones (excluding diaryl/α,β-unsaturated/α-hetero) is 1. The Bertz CT molecular complexity index is 350. The highest BCUT2D eigenvalue weighted by Crippen LogP contribution is 2.53. The van der Waals surface area contributed by atoms with E-state index in [0.717, 1.165) is 6.42 Å². The van der Waals surface area contributed by atoms with Crippen molar-refractivity contribution in [1.29, 1.82) is 0 Å². The highest BCUT2D eigenvalue weighted by molar-refractivity contribution is 6.01. The molecule has 1 spiro atoms. The van der Waals surface area contributed by atoms with Crippen LogP contribution in [0, 0.1) is 17.8 Å².